The molecule has 3 saturated heterocycles. The topological polar surface area (TPSA) is 172 Å². The minimum absolute atomic E-state index is 0.0211. The number of imide groups is 1. The van der Waals surface area contributed by atoms with Crippen LogP contribution in [0.5, 0.6) is 5.75 Å². The van der Waals surface area contributed by atoms with E-state index in [0.29, 0.717) is 46.9 Å². The average Bonchev–Trinajstić information content (AvgIpc) is 3.83. The molecule has 0 bridgehead atoms. The van der Waals surface area contributed by atoms with Gasteiger partial charge >= 0.3 is 0 Å². The third kappa shape index (κ3) is 18.6. The van der Waals surface area contributed by atoms with E-state index >= 15 is 0 Å². The molecule has 70 heavy (non-hydrogen) atoms. The molecule has 5 aliphatic heterocycles. The molecule has 380 valence electrons. The van der Waals surface area contributed by atoms with Gasteiger partial charge < -0.3 is 30.3 Å². The Kier molecular flexibility index (Phi) is 25.1. The van der Waals surface area contributed by atoms with Crippen molar-refractivity contribution >= 4 is 47.3 Å². The molecule has 0 saturated carbocycles. The molecule has 3 atom stereocenters. The lowest BCUT2D eigenvalue weighted by atomic mass is 10.0. The van der Waals surface area contributed by atoms with Crippen LogP contribution >= 0.6 is 11.6 Å². The molecule has 5 aliphatic rings. The summed E-state index contributed by atoms with van der Waals surface area (Å²) in [7, 11) is 0. The number of hydrogen-bond acceptors (Lipinski definition) is 11. The molecule has 3 fully saturated rings. The molecule has 0 radical (unpaired) electrons. The number of aliphatic hydroxyl groups excluding tert-OH is 1. The van der Waals surface area contributed by atoms with Crippen LogP contribution in [0.25, 0.3) is 0 Å². The van der Waals surface area contributed by atoms with Crippen molar-refractivity contribution in [3.05, 3.63) is 101 Å². The number of aliphatic hydroxyl groups is 1. The van der Waals surface area contributed by atoms with Gasteiger partial charge in [-0.25, -0.2) is 4.99 Å². The van der Waals surface area contributed by atoms with E-state index in [0.717, 1.165) is 75.8 Å². The van der Waals surface area contributed by atoms with E-state index in [4.69, 9.17) is 16.3 Å². The van der Waals surface area contributed by atoms with Crippen molar-refractivity contribution in [3.8, 4) is 18.1 Å². The van der Waals surface area contributed by atoms with E-state index in [-0.39, 0.29) is 42.6 Å². The second-order valence-electron chi connectivity index (χ2n) is 17.8. The normalized spacial score (nSPS) is 22.8. The van der Waals surface area contributed by atoms with Crippen LogP contribution in [-0.2, 0) is 14.4 Å². The van der Waals surface area contributed by atoms with Crippen molar-refractivity contribution in [2.45, 2.75) is 123 Å². The number of amides is 3. The van der Waals surface area contributed by atoms with Crippen LogP contribution in [0.15, 0.2) is 101 Å². The molecular formula is C54H76ClN9O6. The van der Waals surface area contributed by atoms with E-state index < -0.39 is 24.1 Å². The Labute approximate surface area is 421 Å². The van der Waals surface area contributed by atoms with Gasteiger partial charge in [0.05, 0.1) is 17.7 Å². The number of likely N-dealkylation sites (tertiary alicyclic amines) is 1. The number of Topliss-reactive ketones (excluding diaryl/α,β-unsaturated/α-hetero) is 1. The minimum Gasteiger partial charge on any atom is -0.487 e. The number of carbonyl (C=O) groups is 4. The summed E-state index contributed by atoms with van der Waals surface area (Å²) in [6.07, 6.45) is 26.5. The Morgan fingerprint density at radius 1 is 1.03 bits per heavy atom. The molecule has 15 nitrogen and oxygen atoms in total. The predicted octanol–water partition coefficient (Wildman–Crippen LogP) is 6.93. The number of aliphatic imine (C=N–C) groups is 2. The van der Waals surface area contributed by atoms with Gasteiger partial charge in [-0.3, -0.25) is 39.3 Å². The number of unbranched alkanes of at least 4 members (excludes halogenated alkanes) is 4. The van der Waals surface area contributed by atoms with Gasteiger partial charge in [-0.15, -0.1) is 18.9 Å². The number of benzene rings is 1. The quantitative estimate of drug-likeness (QED) is 0.0166. The molecule has 0 spiro atoms. The fourth-order valence-electron chi connectivity index (χ4n) is 8.75. The Morgan fingerprint density at radius 3 is 2.33 bits per heavy atom. The van der Waals surface area contributed by atoms with Crippen molar-refractivity contribution in [2.75, 3.05) is 59.0 Å². The Bertz CT molecular complexity index is 2160. The number of piperidine rings is 2. The number of ketones is 1. The molecule has 4 N–H and O–H groups in total. The highest BCUT2D eigenvalue weighted by Crippen LogP contribution is 2.28. The Hall–Kier alpha value is -5.63. The van der Waals surface area contributed by atoms with Crippen LogP contribution in [0.1, 0.15) is 109 Å². The van der Waals surface area contributed by atoms with E-state index in [1.54, 1.807) is 49.8 Å². The lowest BCUT2D eigenvalue weighted by molar-refractivity contribution is -0.152. The molecule has 1 aromatic carbocycles. The van der Waals surface area contributed by atoms with Crippen molar-refractivity contribution in [1.82, 2.24) is 35.6 Å². The third-order valence-corrected chi connectivity index (χ3v) is 12.8. The van der Waals surface area contributed by atoms with Crippen molar-refractivity contribution in [2.24, 2.45) is 9.98 Å². The number of piperazine rings is 1. The molecule has 3 unspecified atom stereocenters. The second kappa shape index (κ2) is 30.9. The summed E-state index contributed by atoms with van der Waals surface area (Å²) >= 11 is 6.45. The number of hydrogen-bond donors (Lipinski definition) is 4. The summed E-state index contributed by atoms with van der Waals surface area (Å²) in [6.45, 7) is 23.1. The van der Waals surface area contributed by atoms with Crippen molar-refractivity contribution < 1.29 is 29.0 Å². The first-order chi connectivity index (χ1) is 33.8. The van der Waals surface area contributed by atoms with Crippen LogP contribution in [0.2, 0.25) is 5.02 Å². The Balaban J connectivity index is 0.00000169. The molecular weight excluding hydrogens is 906 g/mol. The van der Waals surface area contributed by atoms with E-state index in [1.807, 2.05) is 45.1 Å². The maximum Gasteiger partial charge on any atom is 0.260 e. The fraction of sp³-hybridized carbons (Fsp3) is 0.519. The largest absolute Gasteiger partial charge is 0.487 e. The maximum atomic E-state index is 13.3. The number of carbonyl (C=O) groups excluding carboxylic acids is 4. The SMILES string of the molecule is C#CC.C=C1/C=C\C(N2CCN(CCCCCCCN3CCC(NC/N=C\N=C4CC(C(=O)c5ccc(OC(C)/C=C\C)cc5Cl)=CN4)CC3)CC2)=C/CC(=O)N(C2CCC(=O)NC2O)C1=O.C=CC. The summed E-state index contributed by atoms with van der Waals surface area (Å²) < 4.78 is 5.82. The number of nitrogens with one attached hydrogen (secondary N) is 3. The molecule has 16 heteroatoms. The van der Waals surface area contributed by atoms with E-state index in [2.05, 4.69) is 66.1 Å². The second-order valence-corrected chi connectivity index (χ2v) is 18.2. The molecule has 3 amide bonds. The molecule has 0 aliphatic carbocycles. The Morgan fingerprint density at radius 2 is 1.69 bits per heavy atom. The third-order valence-electron chi connectivity index (χ3n) is 12.4. The van der Waals surface area contributed by atoms with Gasteiger partial charge in [0, 0.05) is 80.1 Å². The number of ether oxygens (including phenoxy) is 1. The summed E-state index contributed by atoms with van der Waals surface area (Å²) in [5.41, 5.74) is 2.09. The molecule has 0 aromatic heterocycles. The lowest BCUT2D eigenvalue weighted by Gasteiger charge is -2.37. The standard InChI is InChI=1S/C48H66ClN9O6.C3H6.C3H4/c1-4-10-35(3)64-39-14-15-40(41(49)30-39)46(61)36-29-43(51-31-36)53-33-50-32-52-37-19-23-55(24-20-37)21-8-6-5-7-9-22-56-25-27-57(28-26-56)38-12-11-34(2)48(63)58(45(60)18-13-38)42-16-17-44(59)54-47(42)62;2*1-3-2/h4,10-15,30-31,33,35,37,42,47,52,62H,2,5-9,16-29,32H2,1,3H3,(H,54,59)(H,50,51,53);3H,1H2,2H3;1H,2H3/b10-4-,12-11-,38-13+;;. The van der Waals surface area contributed by atoms with Crippen LogP contribution in [0.3, 0.4) is 0 Å². The first-order valence-electron chi connectivity index (χ1n) is 24.7. The number of amidine groups is 1. The summed E-state index contributed by atoms with van der Waals surface area (Å²) in [4.78, 5) is 68.6. The minimum atomic E-state index is -1.30. The van der Waals surface area contributed by atoms with Crippen LogP contribution < -0.4 is 20.7 Å². The zero-order valence-corrected chi connectivity index (χ0v) is 42.6. The van der Waals surface area contributed by atoms with Crippen LogP contribution in [-0.4, -0.2) is 144 Å². The number of rotatable bonds is 19. The van der Waals surface area contributed by atoms with E-state index in [1.165, 1.54) is 32.1 Å². The van der Waals surface area contributed by atoms with Crippen molar-refractivity contribution in [3.63, 3.8) is 0 Å². The fourth-order valence-corrected chi connectivity index (χ4v) is 9.01. The van der Waals surface area contributed by atoms with Gasteiger partial charge in [0.2, 0.25) is 11.8 Å². The highest BCUT2D eigenvalue weighted by atomic mass is 35.5. The number of nitrogens with zero attached hydrogens (tertiary/aromatic N) is 6. The summed E-state index contributed by atoms with van der Waals surface area (Å²) in [6, 6.07) is 4.76. The van der Waals surface area contributed by atoms with Gasteiger partial charge in [0.1, 0.15) is 30.3 Å². The zero-order valence-electron chi connectivity index (χ0n) is 41.8. The summed E-state index contributed by atoms with van der Waals surface area (Å²) in [5.74, 6) is 2.13. The number of allylic oxidation sites excluding steroid dienone is 3. The van der Waals surface area contributed by atoms with E-state index in [9.17, 15) is 24.3 Å². The number of halogens is 1. The molecule has 1 aromatic rings. The van der Waals surface area contributed by atoms with Gasteiger partial charge in [-0.1, -0.05) is 55.7 Å². The average molecular weight is 983 g/mol. The highest BCUT2D eigenvalue weighted by Gasteiger charge is 2.38. The van der Waals surface area contributed by atoms with Gasteiger partial charge in [-0.05, 0) is 122 Å². The lowest BCUT2D eigenvalue weighted by Crippen LogP contribution is -2.58. The molecule has 6 rings (SSSR count). The van der Waals surface area contributed by atoms with Crippen molar-refractivity contribution in [1.29, 1.82) is 0 Å². The van der Waals surface area contributed by atoms with Crippen LogP contribution in [0.4, 0.5) is 0 Å². The monoisotopic (exact) mass is 982 g/mol. The van der Waals surface area contributed by atoms with Gasteiger partial charge in [0.25, 0.3) is 5.91 Å². The van der Waals surface area contributed by atoms with Crippen LogP contribution in [0, 0.1) is 12.3 Å². The molecule has 5 heterocycles. The first kappa shape index (κ1) is 57.0. The smallest absolute Gasteiger partial charge is 0.260 e. The summed E-state index contributed by atoms with van der Waals surface area (Å²) in [5, 5.41) is 19.8. The van der Waals surface area contributed by atoms with Gasteiger partial charge in [0.15, 0.2) is 5.78 Å². The maximum absolute atomic E-state index is 13.3. The first-order valence-corrected chi connectivity index (χ1v) is 25.1. The highest BCUT2D eigenvalue weighted by molar-refractivity contribution is 6.35. The zero-order chi connectivity index (χ0) is 50.8. The predicted molar refractivity (Wildman–Crippen MR) is 281 cm³/mol. The number of terminal acetylenes is 1. The van der Waals surface area contributed by atoms with Gasteiger partial charge in [-0.2, -0.15) is 0 Å².